The molecule has 1 aromatic carbocycles. The summed E-state index contributed by atoms with van der Waals surface area (Å²) in [7, 11) is 0. The highest BCUT2D eigenvalue weighted by Crippen LogP contribution is 2.24. The van der Waals surface area contributed by atoms with E-state index in [4.69, 9.17) is 14.5 Å². The molecular weight excluding hydrogens is 493 g/mol. The number of piperazine rings is 3. The van der Waals surface area contributed by atoms with Gasteiger partial charge in [-0.25, -0.2) is 4.99 Å². The van der Waals surface area contributed by atoms with Gasteiger partial charge >= 0.3 is 0 Å². The van der Waals surface area contributed by atoms with E-state index in [1.54, 1.807) is 0 Å². The van der Waals surface area contributed by atoms with Gasteiger partial charge in [0.05, 0.1) is 19.8 Å². The number of ether oxygens (including phenoxy) is 2. The maximum absolute atomic E-state index is 6.22. The van der Waals surface area contributed by atoms with Crippen molar-refractivity contribution < 1.29 is 9.47 Å². The fourth-order valence-corrected chi connectivity index (χ4v) is 4.33. The van der Waals surface area contributed by atoms with Gasteiger partial charge in [-0.05, 0) is 25.5 Å². The van der Waals surface area contributed by atoms with Gasteiger partial charge in [-0.1, -0.05) is 12.1 Å². The molecular formula is C22H36IN5O2. The minimum absolute atomic E-state index is 0. The van der Waals surface area contributed by atoms with Crippen molar-refractivity contribution >= 4 is 29.9 Å². The number of hydrogen-bond acceptors (Lipinski definition) is 5. The van der Waals surface area contributed by atoms with Crippen LogP contribution in [0.5, 0.6) is 5.75 Å². The Balaban J connectivity index is 0.00000256. The Morgan fingerprint density at radius 1 is 1.23 bits per heavy atom. The molecule has 0 amide bonds. The second-order valence-corrected chi connectivity index (χ2v) is 8.28. The molecule has 2 N–H and O–H groups in total. The molecule has 0 aliphatic carbocycles. The maximum atomic E-state index is 6.22. The van der Waals surface area contributed by atoms with Crippen LogP contribution in [0.25, 0.3) is 0 Å². The summed E-state index contributed by atoms with van der Waals surface area (Å²) in [6.07, 6.45) is 1.10. The number of halogens is 1. The van der Waals surface area contributed by atoms with E-state index >= 15 is 0 Å². The van der Waals surface area contributed by atoms with Crippen molar-refractivity contribution in [1.29, 1.82) is 0 Å². The standard InChI is InChI=1S/C22H35N5O2.HI/c1-3-23-22(25-14-19-15-26-7-9-27(19)10-8-26)24-13-18-5-4-17(2)12-21(18)29-20-6-11-28-16-20;/h4-5,12,19-20H,3,6-11,13-16H2,1-2H3,(H2,23,24,25);1H. The summed E-state index contributed by atoms with van der Waals surface area (Å²) in [5.41, 5.74) is 2.32. The monoisotopic (exact) mass is 529 g/mol. The number of hydrogen-bond donors (Lipinski definition) is 2. The second-order valence-electron chi connectivity index (χ2n) is 8.28. The molecule has 4 fully saturated rings. The smallest absolute Gasteiger partial charge is 0.191 e. The summed E-state index contributed by atoms with van der Waals surface area (Å²) in [6, 6.07) is 6.95. The van der Waals surface area contributed by atoms with Gasteiger partial charge in [0.15, 0.2) is 5.96 Å². The molecule has 0 radical (unpaired) electrons. The summed E-state index contributed by atoms with van der Waals surface area (Å²) in [5, 5.41) is 6.95. The summed E-state index contributed by atoms with van der Waals surface area (Å²) in [5.74, 6) is 1.81. The van der Waals surface area contributed by atoms with Crippen molar-refractivity contribution in [3.8, 4) is 5.75 Å². The molecule has 0 spiro atoms. The Bertz CT molecular complexity index is 703. The van der Waals surface area contributed by atoms with Crippen molar-refractivity contribution in [2.45, 2.75) is 39.0 Å². The molecule has 8 heteroatoms. The third kappa shape index (κ3) is 6.21. The number of fused-ring (bicyclic) bond motifs is 3. The van der Waals surface area contributed by atoms with Crippen molar-refractivity contribution in [2.75, 3.05) is 59.0 Å². The van der Waals surface area contributed by atoms with Crippen LogP contribution in [-0.2, 0) is 11.3 Å². The van der Waals surface area contributed by atoms with Crippen molar-refractivity contribution in [3.05, 3.63) is 29.3 Å². The zero-order valence-electron chi connectivity index (χ0n) is 18.2. The first-order valence-corrected chi connectivity index (χ1v) is 11.0. The second kappa shape index (κ2) is 11.5. The molecule has 4 aliphatic rings. The fourth-order valence-electron chi connectivity index (χ4n) is 4.33. The first-order valence-electron chi connectivity index (χ1n) is 11.0. The van der Waals surface area contributed by atoms with Gasteiger partial charge in [0, 0.05) is 63.8 Å². The van der Waals surface area contributed by atoms with Gasteiger partial charge < -0.3 is 20.1 Å². The largest absolute Gasteiger partial charge is 0.488 e. The van der Waals surface area contributed by atoms with Gasteiger partial charge in [-0.2, -0.15) is 0 Å². The average molecular weight is 529 g/mol. The quantitative estimate of drug-likeness (QED) is 0.320. The van der Waals surface area contributed by atoms with Crippen LogP contribution in [0.15, 0.2) is 23.2 Å². The van der Waals surface area contributed by atoms with Crippen LogP contribution in [0.4, 0.5) is 0 Å². The van der Waals surface area contributed by atoms with E-state index in [1.165, 1.54) is 31.7 Å². The zero-order chi connectivity index (χ0) is 20.1. The van der Waals surface area contributed by atoms with Crippen LogP contribution in [0.3, 0.4) is 0 Å². The van der Waals surface area contributed by atoms with Crippen LogP contribution >= 0.6 is 24.0 Å². The molecule has 2 unspecified atom stereocenters. The molecule has 2 bridgehead atoms. The van der Waals surface area contributed by atoms with E-state index in [0.717, 1.165) is 49.9 Å². The third-order valence-corrected chi connectivity index (χ3v) is 6.05. The lowest BCUT2D eigenvalue weighted by atomic mass is 10.1. The number of rotatable bonds is 7. The predicted octanol–water partition coefficient (Wildman–Crippen LogP) is 1.84. The number of nitrogens with zero attached hydrogens (tertiary/aromatic N) is 3. The van der Waals surface area contributed by atoms with E-state index < -0.39 is 0 Å². The Kier molecular flexibility index (Phi) is 9.03. The van der Waals surface area contributed by atoms with Crippen LogP contribution in [0.1, 0.15) is 24.5 Å². The minimum atomic E-state index is 0. The lowest BCUT2D eigenvalue weighted by molar-refractivity contribution is 0.0154. The highest BCUT2D eigenvalue weighted by molar-refractivity contribution is 14.0. The maximum Gasteiger partial charge on any atom is 0.191 e. The van der Waals surface area contributed by atoms with Crippen LogP contribution in [-0.4, -0.2) is 86.9 Å². The zero-order valence-corrected chi connectivity index (χ0v) is 20.6. The first-order chi connectivity index (χ1) is 14.2. The molecule has 0 aromatic heterocycles. The molecule has 7 nitrogen and oxygen atoms in total. The first kappa shape index (κ1) is 23.6. The SMILES string of the molecule is CCNC(=NCc1ccc(C)cc1OC1CCOC1)NCC1CN2CCN1CC2.I. The summed E-state index contributed by atoms with van der Waals surface area (Å²) in [4.78, 5) is 10.0. The molecule has 0 saturated carbocycles. The number of benzene rings is 1. The van der Waals surface area contributed by atoms with Gasteiger partial charge in [-0.3, -0.25) is 9.80 Å². The van der Waals surface area contributed by atoms with Gasteiger partial charge in [-0.15, -0.1) is 24.0 Å². The van der Waals surface area contributed by atoms with Gasteiger partial charge in [0.25, 0.3) is 0 Å². The number of aliphatic imine (C=N–C) groups is 1. The normalized spacial score (nSPS) is 28.1. The average Bonchev–Trinajstić information content (AvgIpc) is 3.25. The lowest BCUT2D eigenvalue weighted by Crippen LogP contribution is -2.63. The van der Waals surface area contributed by atoms with Crippen LogP contribution in [0, 0.1) is 6.92 Å². The van der Waals surface area contributed by atoms with E-state index in [0.29, 0.717) is 19.2 Å². The summed E-state index contributed by atoms with van der Waals surface area (Å²) >= 11 is 0. The van der Waals surface area contributed by atoms with Crippen molar-refractivity contribution in [1.82, 2.24) is 20.4 Å². The molecule has 4 aliphatic heterocycles. The van der Waals surface area contributed by atoms with Crippen molar-refractivity contribution in [2.24, 2.45) is 4.99 Å². The van der Waals surface area contributed by atoms with E-state index in [9.17, 15) is 0 Å². The fraction of sp³-hybridized carbons (Fsp3) is 0.682. The van der Waals surface area contributed by atoms with E-state index in [2.05, 4.69) is 52.5 Å². The highest BCUT2D eigenvalue weighted by Gasteiger charge is 2.31. The van der Waals surface area contributed by atoms with Crippen LogP contribution < -0.4 is 15.4 Å². The Hall–Kier alpha value is -1.10. The minimum Gasteiger partial charge on any atom is -0.488 e. The van der Waals surface area contributed by atoms with Gasteiger partial charge in [0.2, 0.25) is 0 Å². The molecule has 30 heavy (non-hydrogen) atoms. The topological polar surface area (TPSA) is 61.4 Å². The summed E-state index contributed by atoms with van der Waals surface area (Å²) < 4.78 is 11.7. The van der Waals surface area contributed by atoms with Gasteiger partial charge in [0.1, 0.15) is 11.9 Å². The predicted molar refractivity (Wildman–Crippen MR) is 131 cm³/mol. The molecule has 4 heterocycles. The molecule has 168 valence electrons. The third-order valence-electron chi connectivity index (χ3n) is 6.05. The lowest BCUT2D eigenvalue weighted by Gasteiger charge is -2.47. The number of nitrogens with one attached hydrogen (secondary N) is 2. The molecule has 4 saturated heterocycles. The Morgan fingerprint density at radius 3 is 2.73 bits per heavy atom. The molecule has 1 aromatic rings. The summed E-state index contributed by atoms with van der Waals surface area (Å²) in [6.45, 7) is 14.0. The molecule has 2 atom stereocenters. The van der Waals surface area contributed by atoms with E-state index in [1.807, 2.05) is 0 Å². The Morgan fingerprint density at radius 2 is 2.07 bits per heavy atom. The Labute approximate surface area is 197 Å². The molecule has 5 rings (SSSR count). The van der Waals surface area contributed by atoms with E-state index in [-0.39, 0.29) is 30.1 Å². The van der Waals surface area contributed by atoms with Crippen LogP contribution in [0.2, 0.25) is 0 Å². The number of guanidine groups is 1. The highest BCUT2D eigenvalue weighted by atomic mass is 127. The van der Waals surface area contributed by atoms with Crippen molar-refractivity contribution in [3.63, 3.8) is 0 Å². The number of aryl methyl sites for hydroxylation is 1.